The van der Waals surface area contributed by atoms with Gasteiger partial charge in [0.05, 0.1) is 0 Å². The molecule has 0 heterocycles. The van der Waals surface area contributed by atoms with Crippen molar-refractivity contribution in [3.63, 3.8) is 0 Å². The molecule has 0 bridgehead atoms. The van der Waals surface area contributed by atoms with Crippen LogP contribution in [0.2, 0.25) is 0 Å². The van der Waals surface area contributed by atoms with Gasteiger partial charge < -0.3 is 0 Å². The molecule has 4 rings (SSSR count). The van der Waals surface area contributed by atoms with Crippen LogP contribution in [0.15, 0.2) is 48.5 Å². The second kappa shape index (κ2) is 8.55. The summed E-state index contributed by atoms with van der Waals surface area (Å²) >= 11 is 0. The molecule has 2 aliphatic rings. The van der Waals surface area contributed by atoms with Gasteiger partial charge in [0.15, 0.2) is 0 Å². The minimum absolute atomic E-state index is 0.103. The number of halogens is 2. The van der Waals surface area contributed by atoms with Crippen molar-refractivity contribution in [2.45, 2.75) is 63.2 Å². The van der Waals surface area contributed by atoms with E-state index in [4.69, 9.17) is 0 Å². The van der Waals surface area contributed by atoms with Crippen molar-refractivity contribution in [2.24, 2.45) is 11.8 Å². The summed E-state index contributed by atoms with van der Waals surface area (Å²) in [5.74, 6) is 0.909. The molecule has 2 saturated carbocycles. The van der Waals surface area contributed by atoms with Crippen LogP contribution in [0, 0.1) is 23.5 Å². The lowest BCUT2D eigenvalue weighted by molar-refractivity contribution is -0.120. The summed E-state index contributed by atoms with van der Waals surface area (Å²) in [5, 5.41) is 0. The molecular weight excluding hydrogens is 354 g/mol. The second-order valence-corrected chi connectivity index (χ2v) is 8.65. The third-order valence-corrected chi connectivity index (χ3v) is 6.89. The molecule has 148 valence electrons. The molecule has 0 amide bonds. The molecule has 0 unspecified atom stereocenters. The van der Waals surface area contributed by atoms with Gasteiger partial charge in [0, 0.05) is 12.8 Å². The van der Waals surface area contributed by atoms with Gasteiger partial charge in [0.1, 0.15) is 17.4 Å². The Morgan fingerprint density at radius 1 is 0.786 bits per heavy atom. The quantitative estimate of drug-likeness (QED) is 0.492. The van der Waals surface area contributed by atoms with E-state index in [0.717, 1.165) is 36.8 Å². The van der Waals surface area contributed by atoms with Gasteiger partial charge in [-0.15, -0.1) is 0 Å². The van der Waals surface area contributed by atoms with Crippen LogP contribution in [0.5, 0.6) is 0 Å². The summed E-state index contributed by atoms with van der Waals surface area (Å²) in [6.45, 7) is 0. The SMILES string of the molecule is O=C(C[C@H](c1cccc(F)c1)C1CCC1)C[C@@H](c1cccc(F)c1)C1CCC1. The molecule has 0 N–H and O–H groups in total. The van der Waals surface area contributed by atoms with E-state index in [1.54, 1.807) is 24.3 Å². The van der Waals surface area contributed by atoms with Crippen LogP contribution in [0.25, 0.3) is 0 Å². The highest BCUT2D eigenvalue weighted by Gasteiger charge is 2.34. The number of hydrogen-bond donors (Lipinski definition) is 0. The second-order valence-electron chi connectivity index (χ2n) is 8.65. The number of rotatable bonds is 8. The van der Waals surface area contributed by atoms with Crippen LogP contribution in [0.4, 0.5) is 8.78 Å². The zero-order valence-corrected chi connectivity index (χ0v) is 16.2. The van der Waals surface area contributed by atoms with E-state index in [-0.39, 0.29) is 29.3 Å². The molecule has 2 aliphatic carbocycles. The van der Waals surface area contributed by atoms with Gasteiger partial charge in [0.25, 0.3) is 0 Å². The summed E-state index contributed by atoms with van der Waals surface area (Å²) in [5.41, 5.74) is 1.90. The third-order valence-electron chi connectivity index (χ3n) is 6.89. The molecule has 2 atom stereocenters. The zero-order chi connectivity index (χ0) is 19.5. The van der Waals surface area contributed by atoms with Crippen molar-refractivity contribution in [3.8, 4) is 0 Å². The minimum Gasteiger partial charge on any atom is -0.300 e. The Morgan fingerprint density at radius 3 is 1.54 bits per heavy atom. The van der Waals surface area contributed by atoms with Crippen LogP contribution in [-0.2, 0) is 4.79 Å². The maximum atomic E-state index is 13.8. The average Bonchev–Trinajstić information content (AvgIpc) is 2.57. The smallest absolute Gasteiger partial charge is 0.134 e. The molecule has 1 nitrogen and oxygen atoms in total. The zero-order valence-electron chi connectivity index (χ0n) is 16.2. The summed E-state index contributed by atoms with van der Waals surface area (Å²) in [6, 6.07) is 13.5. The monoisotopic (exact) mass is 382 g/mol. The fourth-order valence-electron chi connectivity index (χ4n) is 4.85. The lowest BCUT2D eigenvalue weighted by Crippen LogP contribution is -2.26. The molecule has 0 spiro atoms. The van der Waals surface area contributed by atoms with Crippen LogP contribution in [0.1, 0.15) is 74.3 Å². The van der Waals surface area contributed by atoms with Crippen LogP contribution < -0.4 is 0 Å². The molecule has 2 aromatic rings. The summed E-state index contributed by atoms with van der Waals surface area (Å²) < 4.78 is 27.5. The standard InChI is InChI=1S/C25H28F2O/c26-21-11-3-9-19(13-21)24(17-5-1-6-17)15-23(28)16-25(18-7-2-8-18)20-10-4-12-22(27)14-20/h3-4,9-14,17-18,24-25H,1-2,5-8,15-16H2/t24-,25+. The van der Waals surface area contributed by atoms with E-state index >= 15 is 0 Å². The van der Waals surface area contributed by atoms with E-state index < -0.39 is 0 Å². The molecular formula is C25H28F2O. The Bertz CT molecular complexity index is 755. The van der Waals surface area contributed by atoms with E-state index in [1.807, 2.05) is 12.1 Å². The van der Waals surface area contributed by atoms with Crippen molar-refractivity contribution < 1.29 is 13.6 Å². The molecule has 0 radical (unpaired) electrons. The molecule has 0 aliphatic heterocycles. The molecule has 2 aromatic carbocycles. The largest absolute Gasteiger partial charge is 0.300 e. The predicted molar refractivity (Wildman–Crippen MR) is 107 cm³/mol. The normalized spacial score (nSPS) is 19.5. The number of carbonyl (C=O) groups excluding carboxylic acids is 1. The number of hydrogen-bond acceptors (Lipinski definition) is 1. The summed E-state index contributed by atoms with van der Waals surface area (Å²) in [6.07, 6.45) is 7.78. The first kappa shape index (κ1) is 19.3. The topological polar surface area (TPSA) is 17.1 Å². The number of ketones is 1. The minimum atomic E-state index is -0.235. The highest BCUT2D eigenvalue weighted by atomic mass is 19.1. The number of carbonyl (C=O) groups is 1. The van der Waals surface area contributed by atoms with E-state index in [9.17, 15) is 13.6 Å². The van der Waals surface area contributed by atoms with Crippen molar-refractivity contribution in [1.29, 1.82) is 0 Å². The van der Waals surface area contributed by atoms with Crippen molar-refractivity contribution in [3.05, 3.63) is 71.3 Å². The van der Waals surface area contributed by atoms with Gasteiger partial charge in [-0.1, -0.05) is 37.1 Å². The fraction of sp³-hybridized carbons (Fsp3) is 0.480. The Hall–Kier alpha value is -2.03. The first-order chi connectivity index (χ1) is 13.6. The first-order valence-corrected chi connectivity index (χ1v) is 10.6. The third kappa shape index (κ3) is 4.34. The van der Waals surface area contributed by atoms with Gasteiger partial charge in [-0.05, 0) is 84.7 Å². The molecule has 28 heavy (non-hydrogen) atoms. The van der Waals surface area contributed by atoms with Gasteiger partial charge in [-0.25, -0.2) is 8.78 Å². The highest BCUT2D eigenvalue weighted by Crippen LogP contribution is 2.44. The van der Waals surface area contributed by atoms with Gasteiger partial charge >= 0.3 is 0 Å². The van der Waals surface area contributed by atoms with Crippen LogP contribution >= 0.6 is 0 Å². The van der Waals surface area contributed by atoms with Gasteiger partial charge in [-0.2, -0.15) is 0 Å². The Kier molecular flexibility index (Phi) is 5.89. The van der Waals surface area contributed by atoms with Gasteiger partial charge in [-0.3, -0.25) is 4.79 Å². The van der Waals surface area contributed by atoms with Crippen LogP contribution in [0.3, 0.4) is 0 Å². The van der Waals surface area contributed by atoms with E-state index in [0.29, 0.717) is 24.7 Å². The van der Waals surface area contributed by atoms with E-state index in [1.165, 1.54) is 25.0 Å². The Morgan fingerprint density at radius 2 is 1.21 bits per heavy atom. The maximum Gasteiger partial charge on any atom is 0.134 e. The number of Topliss-reactive ketones (excluding diaryl/α,β-unsaturated/α-hetero) is 1. The van der Waals surface area contributed by atoms with Crippen LogP contribution in [-0.4, -0.2) is 5.78 Å². The number of benzene rings is 2. The Labute approximate surface area is 166 Å². The lowest BCUT2D eigenvalue weighted by Gasteiger charge is -2.36. The average molecular weight is 382 g/mol. The van der Waals surface area contributed by atoms with Crippen molar-refractivity contribution >= 4 is 5.78 Å². The fourth-order valence-corrected chi connectivity index (χ4v) is 4.85. The Balaban J connectivity index is 1.50. The first-order valence-electron chi connectivity index (χ1n) is 10.6. The maximum absolute atomic E-state index is 13.8. The molecule has 0 saturated heterocycles. The molecule has 0 aromatic heterocycles. The molecule has 3 heteroatoms. The van der Waals surface area contributed by atoms with Crippen molar-refractivity contribution in [1.82, 2.24) is 0 Å². The lowest BCUT2D eigenvalue weighted by atomic mass is 9.68. The van der Waals surface area contributed by atoms with Crippen molar-refractivity contribution in [2.75, 3.05) is 0 Å². The summed E-state index contributed by atoms with van der Waals surface area (Å²) in [7, 11) is 0. The molecule has 2 fully saturated rings. The summed E-state index contributed by atoms with van der Waals surface area (Å²) in [4.78, 5) is 13.1. The van der Waals surface area contributed by atoms with Gasteiger partial charge in [0.2, 0.25) is 0 Å². The predicted octanol–water partition coefficient (Wildman–Crippen LogP) is 6.78. The van der Waals surface area contributed by atoms with E-state index in [2.05, 4.69) is 0 Å². The highest BCUT2D eigenvalue weighted by molar-refractivity contribution is 5.80.